The predicted molar refractivity (Wildman–Crippen MR) is 73.0 cm³/mol. The fourth-order valence-corrected chi connectivity index (χ4v) is 1.63. The third-order valence-corrected chi connectivity index (χ3v) is 2.38. The lowest BCUT2D eigenvalue weighted by Crippen LogP contribution is -2.05. The lowest BCUT2D eigenvalue weighted by atomic mass is 10.2. The van der Waals surface area contributed by atoms with Crippen molar-refractivity contribution in [2.45, 2.75) is 6.92 Å². The highest BCUT2D eigenvalue weighted by atomic mass is 16.1. The summed E-state index contributed by atoms with van der Waals surface area (Å²) >= 11 is 0. The molecule has 0 saturated carbocycles. The summed E-state index contributed by atoms with van der Waals surface area (Å²) in [5, 5.41) is 14.8. The van der Waals surface area contributed by atoms with Gasteiger partial charge in [-0.25, -0.2) is 4.98 Å². The number of hydrogen-bond acceptors (Lipinski definition) is 4. The number of benzene rings is 1. The fourth-order valence-electron chi connectivity index (χ4n) is 1.63. The number of amides is 1. The number of nitriles is 1. The van der Waals surface area contributed by atoms with Crippen LogP contribution in [0.25, 0.3) is 0 Å². The van der Waals surface area contributed by atoms with Crippen molar-refractivity contribution in [2.75, 3.05) is 10.6 Å². The first-order valence-electron chi connectivity index (χ1n) is 5.69. The molecule has 1 aromatic carbocycles. The number of nitrogens with zero attached hydrogens (tertiary/aromatic N) is 2. The second-order valence-corrected chi connectivity index (χ2v) is 3.90. The van der Waals surface area contributed by atoms with Gasteiger partial charge in [-0.05, 0) is 30.3 Å². The molecular formula is C14H12N4O. The minimum atomic E-state index is -0.128. The maximum Gasteiger partial charge on any atom is 0.221 e. The number of nitrogens with one attached hydrogen (secondary N) is 2. The first-order chi connectivity index (χ1) is 9.19. The van der Waals surface area contributed by atoms with Crippen molar-refractivity contribution in [3.8, 4) is 6.07 Å². The van der Waals surface area contributed by atoms with Crippen LogP contribution in [0.5, 0.6) is 0 Å². The van der Waals surface area contributed by atoms with Gasteiger partial charge in [-0.15, -0.1) is 0 Å². The van der Waals surface area contributed by atoms with Crippen LogP contribution in [0, 0.1) is 11.3 Å². The topological polar surface area (TPSA) is 77.8 Å². The first kappa shape index (κ1) is 12.6. The standard InChI is InChI=1S/C14H12N4O/c1-10(19)17-11-4-2-5-12(8-11)18-13-6-3-7-16-14(13)9-15/h2-8,18H,1H3,(H,17,19). The second-order valence-electron chi connectivity index (χ2n) is 3.90. The maximum atomic E-state index is 11.0. The van der Waals surface area contributed by atoms with E-state index in [4.69, 9.17) is 5.26 Å². The Morgan fingerprint density at radius 2 is 2.05 bits per heavy atom. The van der Waals surface area contributed by atoms with Crippen LogP contribution in [-0.2, 0) is 4.79 Å². The zero-order valence-corrected chi connectivity index (χ0v) is 10.3. The highest BCUT2D eigenvalue weighted by molar-refractivity contribution is 5.89. The summed E-state index contributed by atoms with van der Waals surface area (Å²) in [7, 11) is 0. The van der Waals surface area contributed by atoms with Crippen molar-refractivity contribution < 1.29 is 4.79 Å². The monoisotopic (exact) mass is 252 g/mol. The van der Waals surface area contributed by atoms with Gasteiger partial charge in [0.2, 0.25) is 5.91 Å². The molecule has 0 spiro atoms. The summed E-state index contributed by atoms with van der Waals surface area (Å²) in [5.41, 5.74) is 2.42. The molecule has 2 aromatic rings. The largest absolute Gasteiger partial charge is 0.353 e. The molecule has 0 bridgehead atoms. The third-order valence-electron chi connectivity index (χ3n) is 2.38. The summed E-state index contributed by atoms with van der Waals surface area (Å²) in [6.07, 6.45) is 1.57. The van der Waals surface area contributed by atoms with E-state index in [2.05, 4.69) is 15.6 Å². The normalized spacial score (nSPS) is 9.47. The van der Waals surface area contributed by atoms with Gasteiger partial charge in [0, 0.05) is 24.5 Å². The van der Waals surface area contributed by atoms with E-state index in [-0.39, 0.29) is 5.91 Å². The molecule has 1 aromatic heterocycles. The average Bonchev–Trinajstić information content (AvgIpc) is 2.39. The van der Waals surface area contributed by atoms with Crippen LogP contribution in [0.15, 0.2) is 42.6 Å². The van der Waals surface area contributed by atoms with Gasteiger partial charge < -0.3 is 10.6 Å². The molecule has 1 amide bonds. The van der Waals surface area contributed by atoms with Gasteiger partial charge >= 0.3 is 0 Å². The van der Waals surface area contributed by atoms with Crippen LogP contribution in [0.1, 0.15) is 12.6 Å². The van der Waals surface area contributed by atoms with Crippen molar-refractivity contribution in [3.05, 3.63) is 48.3 Å². The molecule has 2 rings (SSSR count). The summed E-state index contributed by atoms with van der Waals surface area (Å²) < 4.78 is 0. The predicted octanol–water partition coefficient (Wildman–Crippen LogP) is 2.66. The van der Waals surface area contributed by atoms with Crippen LogP contribution >= 0.6 is 0 Å². The van der Waals surface area contributed by atoms with Gasteiger partial charge in [0.15, 0.2) is 5.69 Å². The molecule has 0 radical (unpaired) electrons. The molecule has 0 aliphatic rings. The molecule has 0 saturated heterocycles. The lowest BCUT2D eigenvalue weighted by molar-refractivity contribution is -0.114. The zero-order valence-electron chi connectivity index (χ0n) is 10.3. The van der Waals surface area contributed by atoms with Gasteiger partial charge in [0.25, 0.3) is 0 Å². The highest BCUT2D eigenvalue weighted by Gasteiger charge is 2.03. The van der Waals surface area contributed by atoms with Gasteiger partial charge in [0.1, 0.15) is 6.07 Å². The molecule has 0 atom stereocenters. The Bertz CT molecular complexity index is 646. The van der Waals surface area contributed by atoms with Crippen LogP contribution < -0.4 is 10.6 Å². The fraction of sp³-hybridized carbons (Fsp3) is 0.0714. The van der Waals surface area contributed by atoms with E-state index in [9.17, 15) is 4.79 Å². The molecule has 94 valence electrons. The van der Waals surface area contributed by atoms with Gasteiger partial charge in [-0.2, -0.15) is 5.26 Å². The van der Waals surface area contributed by atoms with Crippen LogP contribution in [-0.4, -0.2) is 10.9 Å². The number of anilines is 3. The van der Waals surface area contributed by atoms with Crippen molar-refractivity contribution in [2.24, 2.45) is 0 Å². The molecule has 0 aliphatic carbocycles. The number of carbonyl (C=O) groups excluding carboxylic acids is 1. The van der Waals surface area contributed by atoms with Gasteiger partial charge in [0.05, 0.1) is 5.69 Å². The number of pyridine rings is 1. The molecular weight excluding hydrogens is 240 g/mol. The summed E-state index contributed by atoms with van der Waals surface area (Å²) in [6, 6.07) is 12.8. The number of rotatable bonds is 3. The minimum Gasteiger partial charge on any atom is -0.353 e. The van der Waals surface area contributed by atoms with Gasteiger partial charge in [-0.1, -0.05) is 6.07 Å². The molecule has 1 heterocycles. The first-order valence-corrected chi connectivity index (χ1v) is 5.69. The molecule has 2 N–H and O–H groups in total. The zero-order chi connectivity index (χ0) is 13.7. The lowest BCUT2D eigenvalue weighted by Gasteiger charge is -2.09. The Morgan fingerprint density at radius 3 is 2.79 bits per heavy atom. The van der Waals surface area contributed by atoms with E-state index in [1.807, 2.05) is 18.2 Å². The van der Waals surface area contributed by atoms with E-state index in [0.717, 1.165) is 5.69 Å². The quantitative estimate of drug-likeness (QED) is 0.880. The summed E-state index contributed by atoms with van der Waals surface area (Å²) in [6.45, 7) is 1.45. The number of aromatic nitrogens is 1. The Balaban J connectivity index is 2.24. The summed E-state index contributed by atoms with van der Waals surface area (Å²) in [5.74, 6) is -0.128. The third kappa shape index (κ3) is 3.30. The molecule has 0 aliphatic heterocycles. The molecule has 19 heavy (non-hydrogen) atoms. The van der Waals surface area contributed by atoms with Crippen LogP contribution in [0.2, 0.25) is 0 Å². The SMILES string of the molecule is CC(=O)Nc1cccc(Nc2cccnc2C#N)c1. The van der Waals surface area contributed by atoms with Crippen LogP contribution in [0.4, 0.5) is 17.1 Å². The van der Waals surface area contributed by atoms with Crippen molar-refractivity contribution in [1.29, 1.82) is 5.26 Å². The molecule has 0 fully saturated rings. The minimum absolute atomic E-state index is 0.128. The molecule has 0 unspecified atom stereocenters. The Labute approximate surface area is 110 Å². The molecule has 5 nitrogen and oxygen atoms in total. The van der Waals surface area contributed by atoms with Crippen molar-refractivity contribution in [3.63, 3.8) is 0 Å². The maximum absolute atomic E-state index is 11.0. The summed E-state index contributed by atoms with van der Waals surface area (Å²) in [4.78, 5) is 15.0. The van der Waals surface area contributed by atoms with Crippen molar-refractivity contribution >= 4 is 23.0 Å². The van der Waals surface area contributed by atoms with Crippen molar-refractivity contribution in [1.82, 2.24) is 4.98 Å². The smallest absolute Gasteiger partial charge is 0.221 e. The average molecular weight is 252 g/mol. The van der Waals surface area contributed by atoms with E-state index in [0.29, 0.717) is 17.1 Å². The Kier molecular flexibility index (Phi) is 3.74. The van der Waals surface area contributed by atoms with E-state index >= 15 is 0 Å². The highest BCUT2D eigenvalue weighted by Crippen LogP contribution is 2.21. The second kappa shape index (κ2) is 5.65. The Morgan fingerprint density at radius 1 is 1.26 bits per heavy atom. The van der Waals surface area contributed by atoms with Crippen LogP contribution in [0.3, 0.4) is 0 Å². The van der Waals surface area contributed by atoms with E-state index < -0.39 is 0 Å². The Hall–Kier alpha value is -2.87. The van der Waals surface area contributed by atoms with E-state index in [1.54, 1.807) is 30.5 Å². The van der Waals surface area contributed by atoms with Gasteiger partial charge in [-0.3, -0.25) is 4.79 Å². The number of carbonyl (C=O) groups is 1. The number of hydrogen-bond donors (Lipinski definition) is 2. The van der Waals surface area contributed by atoms with E-state index in [1.165, 1.54) is 6.92 Å². The molecule has 5 heteroatoms.